The number of hydrogen-bond acceptors (Lipinski definition) is 7. The molecule has 2 aromatic heterocycles. The fraction of sp³-hybridized carbons (Fsp3) is 0.0714. The molecule has 0 aliphatic carbocycles. The van der Waals surface area contributed by atoms with E-state index in [-0.39, 0.29) is 22.6 Å². The van der Waals surface area contributed by atoms with Crippen LogP contribution in [0.25, 0.3) is 11.4 Å². The van der Waals surface area contributed by atoms with Crippen LogP contribution in [0, 0.1) is 17.0 Å². The number of carbonyl (C=O) groups excluding carboxylic acids is 1. The van der Waals surface area contributed by atoms with Gasteiger partial charge in [0.25, 0.3) is 11.6 Å². The molecule has 1 amide bonds. The topological polar surface area (TPSA) is 140 Å². The lowest BCUT2D eigenvalue weighted by atomic mass is 10.1. The van der Waals surface area contributed by atoms with E-state index in [9.17, 15) is 14.9 Å². The highest BCUT2D eigenvalue weighted by atomic mass is 16.6. The Bertz CT molecular complexity index is 891. The molecule has 0 unspecified atom stereocenters. The molecule has 0 fully saturated rings. The maximum Gasteiger partial charge on any atom is 0.270 e. The first-order valence-corrected chi connectivity index (χ1v) is 6.81. The number of carbonyl (C=O) groups is 1. The Morgan fingerprint density at radius 3 is 2.75 bits per heavy atom. The minimum absolute atomic E-state index is 0.0840. The van der Waals surface area contributed by atoms with E-state index in [1.807, 2.05) is 6.92 Å². The summed E-state index contributed by atoms with van der Waals surface area (Å²) in [6.07, 6.45) is 1.62. The Morgan fingerprint density at radius 1 is 1.29 bits per heavy atom. The zero-order chi connectivity index (χ0) is 17.1. The molecule has 120 valence electrons. The van der Waals surface area contributed by atoms with Gasteiger partial charge in [-0.05, 0) is 29.8 Å². The number of rotatable bonds is 4. The molecule has 0 aliphatic rings. The molecule has 0 bridgehead atoms. The summed E-state index contributed by atoms with van der Waals surface area (Å²) in [5.74, 6) is -0.0372. The number of anilines is 1. The zero-order valence-electron chi connectivity index (χ0n) is 12.4. The van der Waals surface area contributed by atoms with Crippen molar-refractivity contribution in [2.45, 2.75) is 6.92 Å². The highest BCUT2D eigenvalue weighted by Gasteiger charge is 2.20. The fourth-order valence-corrected chi connectivity index (χ4v) is 2.03. The number of nitrogens with one attached hydrogen (secondary N) is 2. The van der Waals surface area contributed by atoms with E-state index in [1.165, 1.54) is 18.2 Å². The van der Waals surface area contributed by atoms with Crippen molar-refractivity contribution in [1.82, 2.24) is 25.6 Å². The number of nitro groups is 1. The van der Waals surface area contributed by atoms with Gasteiger partial charge in [0.15, 0.2) is 0 Å². The normalized spacial score (nSPS) is 10.4. The summed E-state index contributed by atoms with van der Waals surface area (Å²) in [5.41, 5.74) is 1.14. The summed E-state index contributed by atoms with van der Waals surface area (Å²) < 4.78 is 0. The Balaban J connectivity index is 1.98. The highest BCUT2D eigenvalue weighted by Crippen LogP contribution is 2.25. The van der Waals surface area contributed by atoms with Crippen molar-refractivity contribution in [1.29, 1.82) is 0 Å². The molecular weight excluding hydrogens is 314 g/mol. The number of non-ortho nitro benzene ring substituents is 1. The average molecular weight is 325 g/mol. The molecule has 24 heavy (non-hydrogen) atoms. The van der Waals surface area contributed by atoms with Gasteiger partial charge in [-0.15, -0.1) is 10.2 Å². The second-order valence-corrected chi connectivity index (χ2v) is 4.90. The van der Waals surface area contributed by atoms with Crippen LogP contribution < -0.4 is 5.32 Å². The molecule has 0 saturated heterocycles. The summed E-state index contributed by atoms with van der Waals surface area (Å²) >= 11 is 0. The van der Waals surface area contributed by atoms with Crippen molar-refractivity contribution in [2.75, 3.05) is 5.32 Å². The van der Waals surface area contributed by atoms with Crippen LogP contribution >= 0.6 is 0 Å². The first kappa shape index (κ1) is 15.2. The molecular formula is C14H11N7O3. The molecule has 0 atom stereocenters. The quantitative estimate of drug-likeness (QED) is 0.550. The van der Waals surface area contributed by atoms with Crippen LogP contribution in [-0.4, -0.2) is 36.4 Å². The summed E-state index contributed by atoms with van der Waals surface area (Å²) in [5, 5.41) is 26.8. The van der Waals surface area contributed by atoms with Gasteiger partial charge in [0, 0.05) is 23.9 Å². The van der Waals surface area contributed by atoms with Gasteiger partial charge in [-0.25, -0.2) is 4.98 Å². The number of aromatic nitrogens is 5. The molecule has 3 aromatic rings. The third kappa shape index (κ3) is 3.06. The monoisotopic (exact) mass is 325 g/mol. The molecule has 2 heterocycles. The lowest BCUT2D eigenvalue weighted by Gasteiger charge is -2.08. The highest BCUT2D eigenvalue weighted by molar-refractivity contribution is 6.08. The number of nitro benzene ring substituents is 1. The zero-order valence-corrected chi connectivity index (χ0v) is 12.4. The van der Waals surface area contributed by atoms with Gasteiger partial charge in [-0.1, -0.05) is 6.07 Å². The van der Waals surface area contributed by atoms with Crippen LogP contribution in [0.3, 0.4) is 0 Å². The average Bonchev–Trinajstić information content (AvgIpc) is 3.10. The smallest absolute Gasteiger partial charge is 0.270 e. The van der Waals surface area contributed by atoms with Crippen LogP contribution in [-0.2, 0) is 0 Å². The lowest BCUT2D eigenvalue weighted by molar-refractivity contribution is -0.384. The van der Waals surface area contributed by atoms with Crippen LogP contribution in [0.4, 0.5) is 11.5 Å². The van der Waals surface area contributed by atoms with E-state index in [1.54, 1.807) is 18.3 Å². The Morgan fingerprint density at radius 2 is 2.12 bits per heavy atom. The Hall–Kier alpha value is -3.69. The molecule has 3 rings (SSSR count). The van der Waals surface area contributed by atoms with Gasteiger partial charge in [0.1, 0.15) is 5.82 Å². The van der Waals surface area contributed by atoms with Crippen molar-refractivity contribution in [3.63, 3.8) is 0 Å². The van der Waals surface area contributed by atoms with Gasteiger partial charge in [-0.2, -0.15) is 5.21 Å². The molecule has 0 saturated carbocycles. The van der Waals surface area contributed by atoms with E-state index < -0.39 is 10.8 Å². The number of aryl methyl sites for hydroxylation is 1. The number of H-pyrrole nitrogens is 1. The summed E-state index contributed by atoms with van der Waals surface area (Å²) in [6.45, 7) is 1.88. The van der Waals surface area contributed by atoms with Gasteiger partial charge in [-0.3, -0.25) is 14.9 Å². The minimum atomic E-state index is -0.563. The molecule has 0 radical (unpaired) electrons. The number of nitrogens with zero attached hydrogens (tertiary/aromatic N) is 5. The van der Waals surface area contributed by atoms with Gasteiger partial charge < -0.3 is 5.32 Å². The molecule has 0 aliphatic heterocycles. The molecule has 10 nitrogen and oxygen atoms in total. The van der Waals surface area contributed by atoms with Crippen LogP contribution in [0.15, 0.2) is 36.5 Å². The Kier molecular flexibility index (Phi) is 3.93. The number of aromatic amines is 1. The molecule has 0 spiro atoms. The largest absolute Gasteiger partial charge is 0.307 e. The SMILES string of the molecule is Cc1ccc(NC(=O)c2ccc([N+](=O)[O-])cc2-c2nn[nH]n2)nc1. The maximum absolute atomic E-state index is 12.5. The summed E-state index contributed by atoms with van der Waals surface area (Å²) in [4.78, 5) is 27.0. The Labute approximate surface area is 135 Å². The number of tetrazole rings is 1. The van der Waals surface area contributed by atoms with Gasteiger partial charge in [0.2, 0.25) is 5.82 Å². The van der Waals surface area contributed by atoms with Gasteiger partial charge >= 0.3 is 0 Å². The number of hydrogen-bond donors (Lipinski definition) is 2. The summed E-state index contributed by atoms with van der Waals surface area (Å²) in [6, 6.07) is 7.27. The maximum atomic E-state index is 12.5. The number of pyridine rings is 1. The predicted molar refractivity (Wildman–Crippen MR) is 83.2 cm³/mol. The van der Waals surface area contributed by atoms with E-state index in [0.29, 0.717) is 5.82 Å². The standard InChI is InChI=1S/C14H11N7O3/c1-8-2-5-12(15-7-8)16-14(22)10-4-3-9(21(23)24)6-11(10)13-17-19-20-18-13/h2-7H,1H3,(H,15,16,22)(H,17,18,19,20). The first-order valence-electron chi connectivity index (χ1n) is 6.81. The fourth-order valence-electron chi connectivity index (χ4n) is 2.03. The van der Waals surface area contributed by atoms with E-state index in [0.717, 1.165) is 5.56 Å². The number of benzene rings is 1. The van der Waals surface area contributed by atoms with Crippen molar-refractivity contribution in [2.24, 2.45) is 0 Å². The molecule has 2 N–H and O–H groups in total. The van der Waals surface area contributed by atoms with Crippen molar-refractivity contribution >= 4 is 17.4 Å². The van der Waals surface area contributed by atoms with Crippen LogP contribution in [0.1, 0.15) is 15.9 Å². The van der Waals surface area contributed by atoms with E-state index >= 15 is 0 Å². The van der Waals surface area contributed by atoms with Crippen molar-refractivity contribution < 1.29 is 9.72 Å². The van der Waals surface area contributed by atoms with Gasteiger partial charge in [0.05, 0.1) is 10.5 Å². The third-order valence-corrected chi connectivity index (χ3v) is 3.20. The molecule has 10 heteroatoms. The second kappa shape index (κ2) is 6.20. The van der Waals surface area contributed by atoms with Crippen LogP contribution in [0.5, 0.6) is 0 Å². The third-order valence-electron chi connectivity index (χ3n) is 3.20. The lowest BCUT2D eigenvalue weighted by Crippen LogP contribution is -2.14. The van der Waals surface area contributed by atoms with Crippen molar-refractivity contribution in [3.05, 3.63) is 57.8 Å². The number of amides is 1. The second-order valence-electron chi connectivity index (χ2n) is 4.90. The van der Waals surface area contributed by atoms with Crippen molar-refractivity contribution in [3.8, 4) is 11.4 Å². The first-order chi connectivity index (χ1) is 11.5. The van der Waals surface area contributed by atoms with E-state index in [4.69, 9.17) is 0 Å². The van der Waals surface area contributed by atoms with E-state index in [2.05, 4.69) is 30.9 Å². The molecule has 1 aromatic carbocycles. The predicted octanol–water partition coefficient (Wildman–Crippen LogP) is 1.73. The van der Waals surface area contributed by atoms with Crippen LogP contribution in [0.2, 0.25) is 0 Å². The summed E-state index contributed by atoms with van der Waals surface area (Å²) in [7, 11) is 0. The minimum Gasteiger partial charge on any atom is -0.307 e.